The first-order chi connectivity index (χ1) is 17.8. The van der Waals surface area contributed by atoms with Crippen molar-refractivity contribution in [3.05, 3.63) is 125 Å². The van der Waals surface area contributed by atoms with E-state index in [0.29, 0.717) is 29.0 Å². The second-order valence-electron chi connectivity index (χ2n) is 8.50. The van der Waals surface area contributed by atoms with Gasteiger partial charge in [0.05, 0.1) is 21.8 Å². The van der Waals surface area contributed by atoms with Crippen LogP contribution in [0.25, 0.3) is 0 Å². The van der Waals surface area contributed by atoms with Crippen LogP contribution in [0.5, 0.6) is 0 Å². The summed E-state index contributed by atoms with van der Waals surface area (Å²) in [7, 11) is -2.28. The molecular weight excluding hydrogens is 486 g/mol. The SMILES string of the molecule is Cc1ccc(S(=O)(=O)N(C)c2ccc(C(=O)Nc3ccccc3C(=O)NCc3ccccc3)cc2)cc1. The zero-order valence-electron chi connectivity index (χ0n) is 20.5. The second kappa shape index (κ2) is 11.1. The van der Waals surface area contributed by atoms with Crippen LogP contribution in [0.1, 0.15) is 31.8 Å². The molecule has 0 aliphatic heterocycles. The van der Waals surface area contributed by atoms with Crippen molar-refractivity contribution in [3.8, 4) is 0 Å². The molecule has 0 fully saturated rings. The molecule has 0 aliphatic carbocycles. The molecule has 2 N–H and O–H groups in total. The molecule has 0 heterocycles. The van der Waals surface area contributed by atoms with Crippen molar-refractivity contribution < 1.29 is 18.0 Å². The number of benzene rings is 4. The minimum Gasteiger partial charge on any atom is -0.348 e. The van der Waals surface area contributed by atoms with Crippen molar-refractivity contribution >= 4 is 33.2 Å². The topological polar surface area (TPSA) is 95.6 Å². The predicted molar refractivity (Wildman–Crippen MR) is 145 cm³/mol. The molecule has 0 saturated heterocycles. The maximum Gasteiger partial charge on any atom is 0.264 e. The van der Waals surface area contributed by atoms with Crippen molar-refractivity contribution in [1.82, 2.24) is 5.32 Å². The third kappa shape index (κ3) is 6.05. The van der Waals surface area contributed by atoms with Gasteiger partial charge in [0.15, 0.2) is 0 Å². The number of rotatable bonds is 8. The van der Waals surface area contributed by atoms with E-state index in [1.54, 1.807) is 72.8 Å². The highest BCUT2D eigenvalue weighted by atomic mass is 32.2. The van der Waals surface area contributed by atoms with Crippen molar-refractivity contribution in [3.63, 3.8) is 0 Å². The summed E-state index contributed by atoms with van der Waals surface area (Å²) >= 11 is 0. The summed E-state index contributed by atoms with van der Waals surface area (Å²) in [6.45, 7) is 2.25. The summed E-state index contributed by atoms with van der Waals surface area (Å²) in [4.78, 5) is 25.9. The lowest BCUT2D eigenvalue weighted by Gasteiger charge is -2.20. The molecule has 0 aliphatic rings. The molecule has 0 unspecified atom stereocenters. The van der Waals surface area contributed by atoms with Gasteiger partial charge >= 0.3 is 0 Å². The van der Waals surface area contributed by atoms with Crippen molar-refractivity contribution in [2.75, 3.05) is 16.7 Å². The molecule has 4 aromatic rings. The Morgan fingerprint density at radius 1 is 0.757 bits per heavy atom. The standard InChI is InChI=1S/C29H27N3O4S/c1-21-12-18-25(19-13-21)37(35,36)32(2)24-16-14-23(15-17-24)28(33)31-27-11-7-6-10-26(27)29(34)30-20-22-8-4-3-5-9-22/h3-19H,20H2,1-2H3,(H,30,34)(H,31,33). The van der Waals surface area contributed by atoms with Gasteiger partial charge in [-0.3, -0.25) is 13.9 Å². The van der Waals surface area contributed by atoms with Gasteiger partial charge < -0.3 is 10.6 Å². The average molecular weight is 514 g/mol. The van der Waals surface area contributed by atoms with Gasteiger partial charge in [-0.25, -0.2) is 8.42 Å². The smallest absolute Gasteiger partial charge is 0.264 e. The summed E-state index contributed by atoms with van der Waals surface area (Å²) in [5.74, 6) is -0.725. The van der Waals surface area contributed by atoms with Crippen molar-refractivity contribution in [2.24, 2.45) is 0 Å². The van der Waals surface area contributed by atoms with Crippen LogP contribution < -0.4 is 14.9 Å². The highest BCUT2D eigenvalue weighted by Crippen LogP contribution is 2.23. The summed E-state index contributed by atoms with van der Waals surface area (Å²) < 4.78 is 27.1. The molecule has 0 atom stereocenters. The minimum atomic E-state index is -3.74. The van der Waals surface area contributed by atoms with E-state index in [2.05, 4.69) is 10.6 Å². The van der Waals surface area contributed by atoms with E-state index in [1.807, 2.05) is 37.3 Å². The molecule has 37 heavy (non-hydrogen) atoms. The van der Waals surface area contributed by atoms with E-state index in [1.165, 1.54) is 11.4 Å². The largest absolute Gasteiger partial charge is 0.348 e. The van der Waals surface area contributed by atoms with E-state index in [9.17, 15) is 18.0 Å². The van der Waals surface area contributed by atoms with E-state index >= 15 is 0 Å². The Morgan fingerprint density at radius 3 is 2.05 bits per heavy atom. The third-order valence-electron chi connectivity index (χ3n) is 5.89. The molecule has 7 nitrogen and oxygen atoms in total. The van der Waals surface area contributed by atoms with Crippen LogP contribution in [0.3, 0.4) is 0 Å². The number of carbonyl (C=O) groups excluding carboxylic acids is 2. The number of hydrogen-bond acceptors (Lipinski definition) is 4. The summed E-state index contributed by atoms with van der Waals surface area (Å²) in [5, 5.41) is 5.65. The van der Waals surface area contributed by atoms with E-state index in [-0.39, 0.29) is 10.8 Å². The molecule has 0 aromatic heterocycles. The number of anilines is 2. The Bertz CT molecular complexity index is 1500. The number of para-hydroxylation sites is 1. The number of nitrogens with one attached hydrogen (secondary N) is 2. The van der Waals surface area contributed by atoms with E-state index < -0.39 is 15.9 Å². The highest BCUT2D eigenvalue weighted by Gasteiger charge is 2.21. The lowest BCUT2D eigenvalue weighted by molar-refractivity contribution is 0.0951. The summed E-state index contributed by atoms with van der Waals surface area (Å²) in [6, 6.07) is 29.2. The molecule has 0 bridgehead atoms. The molecule has 0 saturated carbocycles. The number of amides is 2. The number of nitrogens with zero attached hydrogens (tertiary/aromatic N) is 1. The van der Waals surface area contributed by atoms with Crippen LogP contribution in [0.2, 0.25) is 0 Å². The van der Waals surface area contributed by atoms with Gasteiger partial charge in [-0.05, 0) is 61.0 Å². The monoisotopic (exact) mass is 513 g/mol. The lowest BCUT2D eigenvalue weighted by atomic mass is 10.1. The Morgan fingerprint density at radius 2 is 1.38 bits per heavy atom. The number of sulfonamides is 1. The highest BCUT2D eigenvalue weighted by molar-refractivity contribution is 7.92. The molecule has 4 aromatic carbocycles. The molecule has 0 spiro atoms. The fraction of sp³-hybridized carbons (Fsp3) is 0.103. The maximum absolute atomic E-state index is 13.0. The van der Waals surface area contributed by atoms with Gasteiger partial charge in [0.25, 0.3) is 21.8 Å². The molecule has 2 amide bonds. The van der Waals surface area contributed by atoms with Gasteiger partial charge in [-0.15, -0.1) is 0 Å². The van der Waals surface area contributed by atoms with Crippen LogP contribution in [-0.4, -0.2) is 27.3 Å². The van der Waals surface area contributed by atoms with Crippen LogP contribution in [0.15, 0.2) is 108 Å². The summed E-state index contributed by atoms with van der Waals surface area (Å²) in [6.07, 6.45) is 0. The fourth-order valence-corrected chi connectivity index (χ4v) is 4.88. The van der Waals surface area contributed by atoms with E-state index in [0.717, 1.165) is 11.1 Å². The maximum atomic E-state index is 13.0. The van der Waals surface area contributed by atoms with Crippen molar-refractivity contribution in [2.45, 2.75) is 18.4 Å². The lowest BCUT2D eigenvalue weighted by Crippen LogP contribution is -2.26. The molecule has 4 rings (SSSR count). The molecule has 8 heteroatoms. The Labute approximate surface area is 216 Å². The predicted octanol–water partition coefficient (Wildman–Crippen LogP) is 5.00. The molecule has 188 valence electrons. The van der Waals surface area contributed by atoms with Gasteiger partial charge in [-0.1, -0.05) is 60.2 Å². The fourth-order valence-electron chi connectivity index (χ4n) is 3.69. The van der Waals surface area contributed by atoms with Gasteiger partial charge in [-0.2, -0.15) is 0 Å². The average Bonchev–Trinajstić information content (AvgIpc) is 2.92. The van der Waals surface area contributed by atoms with Gasteiger partial charge in [0, 0.05) is 19.2 Å². The Hall–Kier alpha value is -4.43. The Kier molecular flexibility index (Phi) is 7.69. The quantitative estimate of drug-likeness (QED) is 0.347. The number of hydrogen-bond donors (Lipinski definition) is 2. The first kappa shape index (κ1) is 25.7. The first-order valence-corrected chi connectivity index (χ1v) is 13.1. The third-order valence-corrected chi connectivity index (χ3v) is 7.69. The van der Waals surface area contributed by atoms with Crippen LogP contribution in [0, 0.1) is 6.92 Å². The minimum absolute atomic E-state index is 0.185. The Balaban J connectivity index is 1.45. The van der Waals surface area contributed by atoms with Crippen LogP contribution in [0.4, 0.5) is 11.4 Å². The van der Waals surface area contributed by atoms with E-state index in [4.69, 9.17) is 0 Å². The van der Waals surface area contributed by atoms with Crippen LogP contribution in [-0.2, 0) is 16.6 Å². The van der Waals surface area contributed by atoms with Crippen molar-refractivity contribution in [1.29, 1.82) is 0 Å². The normalized spacial score (nSPS) is 11.0. The number of carbonyl (C=O) groups is 2. The van der Waals surface area contributed by atoms with Crippen LogP contribution >= 0.6 is 0 Å². The van der Waals surface area contributed by atoms with Gasteiger partial charge in [0.1, 0.15) is 0 Å². The van der Waals surface area contributed by atoms with Gasteiger partial charge in [0.2, 0.25) is 0 Å². The first-order valence-electron chi connectivity index (χ1n) is 11.6. The molecule has 0 radical (unpaired) electrons. The zero-order chi connectivity index (χ0) is 26.4. The molecular formula is C29H27N3O4S. The zero-order valence-corrected chi connectivity index (χ0v) is 21.3. The summed E-state index contributed by atoms with van der Waals surface area (Å²) in [5.41, 5.74) is 3.38. The second-order valence-corrected chi connectivity index (χ2v) is 10.5. The number of aryl methyl sites for hydroxylation is 1.